The Labute approximate surface area is 153 Å². The maximum absolute atomic E-state index is 12.4. The van der Waals surface area contributed by atoms with Gasteiger partial charge < -0.3 is 10.2 Å². The summed E-state index contributed by atoms with van der Waals surface area (Å²) >= 11 is 0. The molecule has 0 bridgehead atoms. The molecular formula is C22H34N2O. The molecule has 3 nitrogen and oxygen atoms in total. The van der Waals surface area contributed by atoms with Crippen molar-refractivity contribution in [3.05, 3.63) is 35.4 Å². The average molecular weight is 343 g/mol. The molecule has 0 radical (unpaired) electrons. The second-order valence-corrected chi connectivity index (χ2v) is 8.94. The van der Waals surface area contributed by atoms with Crippen molar-refractivity contribution in [2.75, 3.05) is 13.1 Å². The summed E-state index contributed by atoms with van der Waals surface area (Å²) in [6.07, 6.45) is 7.62. The number of rotatable bonds is 4. The number of hydrogen-bond donors (Lipinski definition) is 1. The van der Waals surface area contributed by atoms with Gasteiger partial charge in [-0.1, -0.05) is 45.7 Å². The largest absolute Gasteiger partial charge is 0.339 e. The Hall–Kier alpha value is -1.35. The van der Waals surface area contributed by atoms with Crippen LogP contribution in [-0.2, 0) is 6.54 Å². The van der Waals surface area contributed by atoms with E-state index in [0.29, 0.717) is 11.5 Å². The molecule has 1 aliphatic heterocycles. The Bertz CT molecular complexity index is 567. The van der Waals surface area contributed by atoms with E-state index in [-0.39, 0.29) is 5.91 Å². The second-order valence-electron chi connectivity index (χ2n) is 8.94. The third kappa shape index (κ3) is 4.63. The van der Waals surface area contributed by atoms with Crippen LogP contribution in [0.15, 0.2) is 24.3 Å². The van der Waals surface area contributed by atoms with Crippen molar-refractivity contribution < 1.29 is 4.79 Å². The summed E-state index contributed by atoms with van der Waals surface area (Å²) in [5.74, 6) is 0.939. The molecule has 2 fully saturated rings. The number of benzene rings is 1. The van der Waals surface area contributed by atoms with Gasteiger partial charge in [0.1, 0.15) is 0 Å². The fourth-order valence-electron chi connectivity index (χ4n) is 4.53. The summed E-state index contributed by atoms with van der Waals surface area (Å²) in [5.41, 5.74) is 2.47. The molecule has 2 aliphatic rings. The number of hydrogen-bond acceptors (Lipinski definition) is 2. The van der Waals surface area contributed by atoms with Crippen LogP contribution in [0.5, 0.6) is 0 Å². The average Bonchev–Trinajstić information content (AvgIpc) is 3.14. The lowest BCUT2D eigenvalue weighted by Crippen LogP contribution is -2.43. The number of nitrogens with one attached hydrogen (secondary N) is 1. The summed E-state index contributed by atoms with van der Waals surface area (Å²) in [6.45, 7) is 9.84. The van der Waals surface area contributed by atoms with Crippen LogP contribution in [0.1, 0.15) is 75.2 Å². The topological polar surface area (TPSA) is 32.3 Å². The van der Waals surface area contributed by atoms with Gasteiger partial charge in [-0.25, -0.2) is 0 Å². The summed E-state index contributed by atoms with van der Waals surface area (Å²) in [5, 5.41) is 3.80. The summed E-state index contributed by atoms with van der Waals surface area (Å²) in [6, 6.07) is 8.84. The molecule has 1 saturated heterocycles. The monoisotopic (exact) mass is 342 g/mol. The van der Waals surface area contributed by atoms with Crippen LogP contribution in [0.3, 0.4) is 0 Å². The Morgan fingerprint density at radius 2 is 1.68 bits per heavy atom. The van der Waals surface area contributed by atoms with Crippen LogP contribution in [0.4, 0.5) is 0 Å². The lowest BCUT2D eigenvalue weighted by molar-refractivity contribution is 0.0793. The van der Waals surface area contributed by atoms with Crippen molar-refractivity contribution in [3.63, 3.8) is 0 Å². The molecule has 1 saturated carbocycles. The molecule has 1 N–H and O–H groups in total. The van der Waals surface area contributed by atoms with Crippen molar-refractivity contribution >= 4 is 5.91 Å². The molecular weight excluding hydrogens is 308 g/mol. The number of nitrogens with zero attached hydrogens (tertiary/aromatic N) is 1. The lowest BCUT2D eigenvalue weighted by Gasteiger charge is -2.41. The van der Waals surface area contributed by atoms with Gasteiger partial charge in [0.15, 0.2) is 0 Å². The SMILES string of the molecule is CC(C)(C)C1CCCCC1NCc1ccc(C(=O)N2CCCC2)cc1. The first-order valence-electron chi connectivity index (χ1n) is 10.1. The van der Waals surface area contributed by atoms with Gasteiger partial charge in [0.2, 0.25) is 0 Å². The number of carbonyl (C=O) groups excluding carboxylic acids is 1. The van der Waals surface area contributed by atoms with Crippen LogP contribution in [0.2, 0.25) is 0 Å². The van der Waals surface area contributed by atoms with E-state index < -0.39 is 0 Å². The Balaban J connectivity index is 1.57. The molecule has 25 heavy (non-hydrogen) atoms. The minimum atomic E-state index is 0.192. The van der Waals surface area contributed by atoms with Gasteiger partial charge in [0.25, 0.3) is 5.91 Å². The van der Waals surface area contributed by atoms with Gasteiger partial charge in [-0.3, -0.25) is 4.79 Å². The van der Waals surface area contributed by atoms with Gasteiger partial charge in [0.05, 0.1) is 0 Å². The van der Waals surface area contributed by atoms with E-state index in [1.807, 2.05) is 17.0 Å². The fourth-order valence-corrected chi connectivity index (χ4v) is 4.53. The molecule has 1 amide bonds. The highest BCUT2D eigenvalue weighted by atomic mass is 16.2. The third-order valence-electron chi connectivity index (χ3n) is 6.04. The highest BCUT2D eigenvalue weighted by molar-refractivity contribution is 5.94. The first-order chi connectivity index (χ1) is 11.9. The second kappa shape index (κ2) is 7.90. The molecule has 2 unspecified atom stereocenters. The first-order valence-corrected chi connectivity index (χ1v) is 10.1. The molecule has 1 heterocycles. The number of carbonyl (C=O) groups is 1. The van der Waals surface area contributed by atoms with Crippen LogP contribution in [-0.4, -0.2) is 29.9 Å². The van der Waals surface area contributed by atoms with Crippen LogP contribution >= 0.6 is 0 Å². The molecule has 2 atom stereocenters. The van der Waals surface area contributed by atoms with E-state index in [2.05, 4.69) is 38.2 Å². The molecule has 3 rings (SSSR count). The van der Waals surface area contributed by atoms with Crippen molar-refractivity contribution in [2.45, 2.75) is 71.9 Å². The number of amides is 1. The molecule has 1 aromatic carbocycles. The zero-order valence-corrected chi connectivity index (χ0v) is 16.2. The molecule has 3 heteroatoms. The van der Waals surface area contributed by atoms with Crippen LogP contribution < -0.4 is 5.32 Å². The predicted molar refractivity (Wildman–Crippen MR) is 104 cm³/mol. The quantitative estimate of drug-likeness (QED) is 0.866. The van der Waals surface area contributed by atoms with Gasteiger partial charge in [-0.05, 0) is 54.7 Å². The van der Waals surface area contributed by atoms with Gasteiger partial charge in [-0.15, -0.1) is 0 Å². The fraction of sp³-hybridized carbons (Fsp3) is 0.682. The minimum absolute atomic E-state index is 0.192. The maximum atomic E-state index is 12.4. The minimum Gasteiger partial charge on any atom is -0.339 e. The van der Waals surface area contributed by atoms with Crippen molar-refractivity contribution in [2.24, 2.45) is 11.3 Å². The van der Waals surface area contributed by atoms with Gasteiger partial charge >= 0.3 is 0 Å². The highest BCUT2D eigenvalue weighted by Crippen LogP contribution is 2.38. The van der Waals surface area contributed by atoms with E-state index in [4.69, 9.17) is 0 Å². The summed E-state index contributed by atoms with van der Waals surface area (Å²) < 4.78 is 0. The van der Waals surface area contributed by atoms with Crippen LogP contribution in [0.25, 0.3) is 0 Å². The Morgan fingerprint density at radius 1 is 1.04 bits per heavy atom. The van der Waals surface area contributed by atoms with Crippen molar-refractivity contribution in [1.82, 2.24) is 10.2 Å². The van der Waals surface area contributed by atoms with E-state index >= 15 is 0 Å². The normalized spacial score (nSPS) is 24.5. The first kappa shape index (κ1) is 18.4. The van der Waals surface area contributed by atoms with Crippen LogP contribution in [0, 0.1) is 11.3 Å². The summed E-state index contributed by atoms with van der Waals surface area (Å²) in [4.78, 5) is 14.4. The highest BCUT2D eigenvalue weighted by Gasteiger charge is 2.33. The molecule has 0 aromatic heterocycles. The van der Waals surface area contributed by atoms with Gasteiger partial charge in [-0.2, -0.15) is 0 Å². The summed E-state index contributed by atoms with van der Waals surface area (Å²) in [7, 11) is 0. The Kier molecular flexibility index (Phi) is 5.83. The maximum Gasteiger partial charge on any atom is 0.253 e. The zero-order valence-electron chi connectivity index (χ0n) is 16.2. The van der Waals surface area contributed by atoms with Crippen molar-refractivity contribution in [3.8, 4) is 0 Å². The third-order valence-corrected chi connectivity index (χ3v) is 6.04. The van der Waals surface area contributed by atoms with E-state index in [0.717, 1.165) is 44.0 Å². The van der Waals surface area contributed by atoms with E-state index in [1.54, 1.807) is 0 Å². The zero-order chi connectivity index (χ0) is 17.9. The Morgan fingerprint density at radius 3 is 2.32 bits per heavy atom. The lowest BCUT2D eigenvalue weighted by atomic mass is 9.69. The molecule has 1 aromatic rings. The van der Waals surface area contributed by atoms with Gasteiger partial charge in [0, 0.05) is 31.2 Å². The molecule has 1 aliphatic carbocycles. The molecule has 0 spiro atoms. The predicted octanol–water partition coefficient (Wildman–Crippen LogP) is 4.62. The van der Waals surface area contributed by atoms with E-state index in [9.17, 15) is 4.79 Å². The van der Waals surface area contributed by atoms with Crippen molar-refractivity contribution in [1.29, 1.82) is 0 Å². The smallest absolute Gasteiger partial charge is 0.253 e. The number of likely N-dealkylation sites (tertiary alicyclic amines) is 1. The molecule has 138 valence electrons. The standard InChI is InChI=1S/C22H34N2O/c1-22(2,3)19-8-4-5-9-20(19)23-16-17-10-12-18(13-11-17)21(25)24-14-6-7-15-24/h10-13,19-20,23H,4-9,14-16H2,1-3H3. The van der Waals surface area contributed by atoms with E-state index in [1.165, 1.54) is 31.2 Å².